The van der Waals surface area contributed by atoms with Crippen LogP contribution in [0.5, 0.6) is 0 Å². The van der Waals surface area contributed by atoms with Crippen LogP contribution in [0, 0.1) is 0 Å². The minimum Gasteiger partial charge on any atom is -0.388 e. The van der Waals surface area contributed by atoms with Crippen LogP contribution < -0.4 is 16.6 Å². The van der Waals surface area contributed by atoms with Crippen LogP contribution in [-0.2, 0) is 11.2 Å². The quantitative estimate of drug-likeness (QED) is 0.354. The molecule has 1 rings (SSSR count). The number of anilines is 1. The van der Waals surface area contributed by atoms with Crippen LogP contribution in [0.4, 0.5) is 5.69 Å². The van der Waals surface area contributed by atoms with Crippen molar-refractivity contribution in [2.45, 2.75) is 6.42 Å². The number of rotatable bonds is 3. The lowest BCUT2D eigenvalue weighted by Crippen LogP contribution is -2.31. The van der Waals surface area contributed by atoms with Gasteiger partial charge in [-0.25, -0.2) is 5.84 Å². The predicted octanol–water partition coefficient (Wildman–Crippen LogP) is 0.261. The highest BCUT2D eigenvalue weighted by Crippen LogP contribution is 2.08. The smallest absolute Gasteiger partial charge is 0.238 e. The van der Waals surface area contributed by atoms with Crippen LogP contribution in [0.1, 0.15) is 5.56 Å². The van der Waals surface area contributed by atoms with Gasteiger partial charge in [-0.2, -0.15) is 0 Å². The Morgan fingerprint density at radius 2 is 2.00 bits per heavy atom. The van der Waals surface area contributed by atoms with Crippen molar-refractivity contribution in [1.29, 1.82) is 0 Å². The first kappa shape index (κ1) is 9.54. The summed E-state index contributed by atoms with van der Waals surface area (Å²) in [5, 5.41) is 3.00. The second kappa shape index (κ2) is 4.47. The Balaban J connectivity index is 2.64. The summed E-state index contributed by atoms with van der Waals surface area (Å²) in [6, 6.07) is 7.61. The van der Waals surface area contributed by atoms with Gasteiger partial charge in [0.1, 0.15) is 0 Å². The zero-order chi connectivity index (χ0) is 9.68. The monoisotopic (exact) mass is 179 g/mol. The first-order valence-corrected chi connectivity index (χ1v) is 4.02. The van der Waals surface area contributed by atoms with E-state index in [1.165, 1.54) is 0 Å². The third-order valence-electron chi connectivity index (χ3n) is 1.77. The van der Waals surface area contributed by atoms with E-state index in [1.54, 1.807) is 0 Å². The van der Waals surface area contributed by atoms with Gasteiger partial charge in [0.15, 0.2) is 0 Å². The van der Waals surface area contributed by atoms with Crippen molar-refractivity contribution < 1.29 is 4.79 Å². The van der Waals surface area contributed by atoms with E-state index >= 15 is 0 Å². The largest absolute Gasteiger partial charge is 0.388 e. The highest BCUT2D eigenvalue weighted by molar-refractivity contribution is 5.78. The molecule has 4 heteroatoms. The molecule has 0 fully saturated rings. The number of carbonyl (C=O) groups excluding carboxylic acids is 1. The molecule has 0 aliphatic heterocycles. The van der Waals surface area contributed by atoms with Gasteiger partial charge in [-0.15, -0.1) is 0 Å². The van der Waals surface area contributed by atoms with Gasteiger partial charge in [0, 0.05) is 12.7 Å². The Labute approximate surface area is 77.1 Å². The highest BCUT2D eigenvalue weighted by atomic mass is 16.2. The van der Waals surface area contributed by atoms with Gasteiger partial charge in [0.05, 0.1) is 6.42 Å². The highest BCUT2D eigenvalue weighted by Gasteiger charge is 1.99. The number of hydrazine groups is 1. The molecule has 0 bridgehead atoms. The summed E-state index contributed by atoms with van der Waals surface area (Å²) in [6.45, 7) is 0. The van der Waals surface area contributed by atoms with Crippen molar-refractivity contribution in [2.75, 3.05) is 12.4 Å². The van der Waals surface area contributed by atoms with Crippen molar-refractivity contribution in [2.24, 2.45) is 5.84 Å². The van der Waals surface area contributed by atoms with E-state index in [9.17, 15) is 4.79 Å². The molecule has 13 heavy (non-hydrogen) atoms. The fraction of sp³-hybridized carbons (Fsp3) is 0.222. The normalized spacial score (nSPS) is 9.38. The second-order valence-electron chi connectivity index (χ2n) is 2.69. The van der Waals surface area contributed by atoms with Crippen molar-refractivity contribution in [3.8, 4) is 0 Å². The summed E-state index contributed by atoms with van der Waals surface area (Å²) in [5.41, 5.74) is 4.06. The summed E-state index contributed by atoms with van der Waals surface area (Å²) in [6.07, 6.45) is 0.320. The molecule has 0 spiro atoms. The van der Waals surface area contributed by atoms with E-state index < -0.39 is 0 Å². The molecule has 0 saturated heterocycles. The van der Waals surface area contributed by atoms with Crippen LogP contribution in [0.15, 0.2) is 24.3 Å². The maximum absolute atomic E-state index is 10.9. The molecule has 4 N–H and O–H groups in total. The van der Waals surface area contributed by atoms with E-state index in [-0.39, 0.29) is 5.91 Å². The number of nitrogens with one attached hydrogen (secondary N) is 2. The molecule has 0 aliphatic carbocycles. The van der Waals surface area contributed by atoms with Gasteiger partial charge < -0.3 is 5.32 Å². The number of nitrogens with two attached hydrogens (primary N) is 1. The zero-order valence-corrected chi connectivity index (χ0v) is 7.50. The van der Waals surface area contributed by atoms with Crippen molar-refractivity contribution in [1.82, 2.24) is 5.43 Å². The van der Waals surface area contributed by atoms with Crippen LogP contribution in [0.2, 0.25) is 0 Å². The number of amides is 1. The summed E-state index contributed by atoms with van der Waals surface area (Å²) in [7, 11) is 1.85. The Hall–Kier alpha value is -1.55. The average Bonchev–Trinajstić information content (AvgIpc) is 2.19. The van der Waals surface area contributed by atoms with E-state index in [0.29, 0.717) is 6.42 Å². The van der Waals surface area contributed by atoms with Crippen LogP contribution in [0.25, 0.3) is 0 Å². The molecule has 0 saturated carbocycles. The van der Waals surface area contributed by atoms with Gasteiger partial charge in [0.2, 0.25) is 5.91 Å². The molecule has 4 nitrogen and oxygen atoms in total. The Morgan fingerprint density at radius 3 is 2.46 bits per heavy atom. The van der Waals surface area contributed by atoms with E-state index in [4.69, 9.17) is 5.84 Å². The lowest BCUT2D eigenvalue weighted by atomic mass is 10.1. The zero-order valence-electron chi connectivity index (χ0n) is 7.50. The number of hydrogen-bond acceptors (Lipinski definition) is 3. The second-order valence-corrected chi connectivity index (χ2v) is 2.69. The molecule has 0 atom stereocenters. The molecule has 1 aromatic rings. The molecule has 0 unspecified atom stereocenters. The summed E-state index contributed by atoms with van der Waals surface area (Å²) in [4.78, 5) is 10.9. The number of carbonyl (C=O) groups is 1. The summed E-state index contributed by atoms with van der Waals surface area (Å²) in [5.74, 6) is 4.78. The first-order chi connectivity index (χ1) is 6.26. The first-order valence-electron chi connectivity index (χ1n) is 4.02. The van der Waals surface area contributed by atoms with Crippen molar-refractivity contribution in [3.63, 3.8) is 0 Å². The van der Waals surface area contributed by atoms with Crippen LogP contribution in [-0.4, -0.2) is 13.0 Å². The molecule has 1 amide bonds. The Kier molecular flexibility index (Phi) is 3.28. The predicted molar refractivity (Wildman–Crippen MR) is 52.0 cm³/mol. The summed E-state index contributed by atoms with van der Waals surface area (Å²) >= 11 is 0. The maximum atomic E-state index is 10.9. The molecule has 0 radical (unpaired) electrons. The Bertz CT molecular complexity index is 281. The molecular formula is C9H13N3O. The third kappa shape index (κ3) is 2.76. The lowest BCUT2D eigenvalue weighted by molar-refractivity contribution is -0.120. The SMILES string of the molecule is CNc1ccc(CC(=O)NN)cc1. The Morgan fingerprint density at radius 1 is 1.38 bits per heavy atom. The standard InChI is InChI=1S/C9H13N3O/c1-11-8-4-2-7(3-5-8)6-9(13)12-10/h2-5,11H,6,10H2,1H3,(H,12,13). The van der Waals surface area contributed by atoms with E-state index in [1.807, 2.05) is 31.3 Å². The summed E-state index contributed by atoms with van der Waals surface area (Å²) < 4.78 is 0. The molecule has 0 aliphatic rings. The minimum atomic E-state index is -0.183. The molecule has 0 heterocycles. The molecule has 70 valence electrons. The van der Waals surface area contributed by atoms with Gasteiger partial charge in [0.25, 0.3) is 0 Å². The third-order valence-corrected chi connectivity index (χ3v) is 1.77. The molecular weight excluding hydrogens is 166 g/mol. The van der Waals surface area contributed by atoms with Gasteiger partial charge in [-0.05, 0) is 17.7 Å². The van der Waals surface area contributed by atoms with E-state index in [2.05, 4.69) is 10.7 Å². The fourth-order valence-electron chi connectivity index (χ4n) is 1.03. The lowest BCUT2D eigenvalue weighted by Gasteiger charge is -2.02. The van der Waals surface area contributed by atoms with Crippen LogP contribution in [0.3, 0.4) is 0 Å². The average molecular weight is 179 g/mol. The van der Waals surface area contributed by atoms with Crippen LogP contribution >= 0.6 is 0 Å². The number of benzene rings is 1. The van der Waals surface area contributed by atoms with Crippen molar-refractivity contribution >= 4 is 11.6 Å². The van der Waals surface area contributed by atoms with Gasteiger partial charge >= 0.3 is 0 Å². The van der Waals surface area contributed by atoms with E-state index in [0.717, 1.165) is 11.3 Å². The van der Waals surface area contributed by atoms with Gasteiger partial charge in [-0.1, -0.05) is 12.1 Å². The topological polar surface area (TPSA) is 67.2 Å². The fourth-order valence-corrected chi connectivity index (χ4v) is 1.03. The van der Waals surface area contributed by atoms with Crippen molar-refractivity contribution in [3.05, 3.63) is 29.8 Å². The molecule has 1 aromatic carbocycles. The molecule has 0 aromatic heterocycles. The minimum absolute atomic E-state index is 0.183. The number of hydrogen-bond donors (Lipinski definition) is 3. The van der Waals surface area contributed by atoms with Gasteiger partial charge in [-0.3, -0.25) is 10.2 Å². The maximum Gasteiger partial charge on any atom is 0.238 e.